The van der Waals surface area contributed by atoms with Crippen molar-refractivity contribution in [3.63, 3.8) is 0 Å². The summed E-state index contributed by atoms with van der Waals surface area (Å²) in [6.07, 6.45) is 0.880. The molecule has 0 saturated heterocycles. The van der Waals surface area contributed by atoms with E-state index in [1.54, 1.807) is 6.07 Å². The van der Waals surface area contributed by atoms with Crippen LogP contribution in [0.2, 0.25) is 0 Å². The number of benzene rings is 2. The molecule has 4 heteroatoms. The van der Waals surface area contributed by atoms with E-state index in [1.807, 2.05) is 31.2 Å². The molecule has 2 aromatic rings. The minimum atomic E-state index is -0.219. The summed E-state index contributed by atoms with van der Waals surface area (Å²) in [5.74, 6) is 1.30. The van der Waals surface area contributed by atoms with Gasteiger partial charge >= 0.3 is 0 Å². The van der Waals surface area contributed by atoms with Gasteiger partial charge in [0, 0.05) is 6.42 Å². The fraction of sp³-hybridized carbons (Fsp3) is 0.294. The average Bonchev–Trinajstić information content (AvgIpc) is 2.69. The summed E-state index contributed by atoms with van der Waals surface area (Å²) in [5.41, 5.74) is 2.81. The maximum absolute atomic E-state index is 13.6. The highest BCUT2D eigenvalue weighted by Gasteiger charge is 2.16. The predicted octanol–water partition coefficient (Wildman–Crippen LogP) is 4.78. The van der Waals surface area contributed by atoms with Crippen LogP contribution in [0.1, 0.15) is 27.9 Å². The predicted molar refractivity (Wildman–Crippen MR) is 84.0 cm³/mol. The molecule has 0 aliphatic carbocycles. The average molecular weight is 351 g/mol. The Bertz CT molecular complexity index is 637. The van der Waals surface area contributed by atoms with Gasteiger partial charge in [-0.15, -0.1) is 0 Å². The van der Waals surface area contributed by atoms with Crippen molar-refractivity contribution in [1.82, 2.24) is 0 Å². The molecule has 0 saturated carbocycles. The van der Waals surface area contributed by atoms with Crippen molar-refractivity contribution >= 4 is 15.9 Å². The van der Waals surface area contributed by atoms with Crippen molar-refractivity contribution in [2.45, 2.75) is 18.2 Å². The lowest BCUT2D eigenvalue weighted by molar-refractivity contribution is 0.297. The van der Waals surface area contributed by atoms with Gasteiger partial charge in [0.25, 0.3) is 0 Å². The Morgan fingerprint density at radius 3 is 2.52 bits per heavy atom. The van der Waals surface area contributed by atoms with Crippen molar-refractivity contribution in [3.8, 4) is 11.5 Å². The molecule has 0 spiro atoms. The minimum Gasteiger partial charge on any atom is -0.490 e. The van der Waals surface area contributed by atoms with Crippen molar-refractivity contribution in [3.05, 3.63) is 58.9 Å². The lowest BCUT2D eigenvalue weighted by Gasteiger charge is -2.14. The van der Waals surface area contributed by atoms with Gasteiger partial charge in [-0.05, 0) is 47.9 Å². The first-order chi connectivity index (χ1) is 10.1. The first kappa shape index (κ1) is 14.4. The lowest BCUT2D eigenvalue weighted by atomic mass is 10.0. The third-order valence-corrected chi connectivity index (χ3v) is 4.48. The Kier molecular flexibility index (Phi) is 4.15. The Morgan fingerprint density at radius 2 is 1.76 bits per heavy atom. The smallest absolute Gasteiger partial charge is 0.161 e. The fourth-order valence-electron chi connectivity index (χ4n) is 2.44. The Morgan fingerprint density at radius 1 is 1.00 bits per heavy atom. The summed E-state index contributed by atoms with van der Waals surface area (Å²) in [4.78, 5) is -0.0796. The van der Waals surface area contributed by atoms with Crippen LogP contribution in [-0.2, 0) is 0 Å². The molecule has 1 heterocycles. The fourth-order valence-corrected chi connectivity index (χ4v) is 2.99. The number of fused-ring (bicyclic) bond motifs is 1. The summed E-state index contributed by atoms with van der Waals surface area (Å²) in [5, 5.41) is 0. The third-order valence-electron chi connectivity index (χ3n) is 3.42. The second kappa shape index (κ2) is 6.06. The molecule has 0 bridgehead atoms. The molecular formula is C17H16BrFO2. The summed E-state index contributed by atoms with van der Waals surface area (Å²) in [6, 6.07) is 10.9. The highest BCUT2D eigenvalue weighted by molar-refractivity contribution is 9.09. The van der Waals surface area contributed by atoms with Gasteiger partial charge < -0.3 is 9.47 Å². The molecule has 21 heavy (non-hydrogen) atoms. The summed E-state index contributed by atoms with van der Waals surface area (Å²) < 4.78 is 24.9. The molecule has 3 rings (SSSR count). The number of hydrogen-bond donors (Lipinski definition) is 0. The van der Waals surface area contributed by atoms with E-state index < -0.39 is 0 Å². The van der Waals surface area contributed by atoms with Crippen LogP contribution >= 0.6 is 15.9 Å². The highest BCUT2D eigenvalue weighted by Crippen LogP contribution is 2.37. The van der Waals surface area contributed by atoms with E-state index in [1.165, 1.54) is 6.07 Å². The number of alkyl halides is 1. The number of aryl methyl sites for hydroxylation is 1. The van der Waals surface area contributed by atoms with Gasteiger partial charge in [0.05, 0.1) is 18.0 Å². The number of ether oxygens (including phenoxy) is 2. The van der Waals surface area contributed by atoms with E-state index in [9.17, 15) is 4.39 Å². The lowest BCUT2D eigenvalue weighted by Crippen LogP contribution is -1.98. The van der Waals surface area contributed by atoms with Crippen LogP contribution in [0, 0.1) is 12.7 Å². The molecule has 0 N–H and O–H groups in total. The second-order valence-electron chi connectivity index (χ2n) is 5.18. The van der Waals surface area contributed by atoms with Crippen LogP contribution in [0.4, 0.5) is 4.39 Å². The topological polar surface area (TPSA) is 18.5 Å². The molecule has 1 atom stereocenters. The molecule has 0 fully saturated rings. The Labute approximate surface area is 132 Å². The quantitative estimate of drug-likeness (QED) is 0.725. The number of hydrogen-bond acceptors (Lipinski definition) is 2. The normalized spacial score (nSPS) is 15.4. The van der Waals surface area contributed by atoms with Crippen molar-refractivity contribution in [1.29, 1.82) is 0 Å². The zero-order chi connectivity index (χ0) is 14.8. The molecule has 110 valence electrons. The molecular weight excluding hydrogens is 335 g/mol. The molecule has 2 nitrogen and oxygen atoms in total. The number of rotatable bonds is 2. The SMILES string of the molecule is Cc1cc(F)cc(C(Br)c2ccc3c(c2)OCCCO3)c1. The zero-order valence-electron chi connectivity index (χ0n) is 11.7. The van der Waals surface area contributed by atoms with Crippen LogP contribution in [0.25, 0.3) is 0 Å². The zero-order valence-corrected chi connectivity index (χ0v) is 13.3. The van der Waals surface area contributed by atoms with Crippen LogP contribution < -0.4 is 9.47 Å². The Balaban J connectivity index is 1.94. The first-order valence-corrected chi connectivity index (χ1v) is 7.86. The standard InChI is InChI=1S/C17H16BrFO2/c1-11-7-13(9-14(19)8-11)17(18)12-3-4-15-16(10-12)21-6-2-5-20-15/h3-4,7-10,17H,2,5-6H2,1H3. The molecule has 1 unspecified atom stereocenters. The van der Waals surface area contributed by atoms with Gasteiger partial charge in [0.15, 0.2) is 11.5 Å². The maximum Gasteiger partial charge on any atom is 0.161 e. The van der Waals surface area contributed by atoms with Gasteiger partial charge in [-0.1, -0.05) is 28.1 Å². The van der Waals surface area contributed by atoms with Gasteiger partial charge in [0.1, 0.15) is 5.82 Å². The summed E-state index contributed by atoms with van der Waals surface area (Å²) in [7, 11) is 0. The van der Waals surface area contributed by atoms with E-state index in [-0.39, 0.29) is 10.6 Å². The van der Waals surface area contributed by atoms with Gasteiger partial charge in [0.2, 0.25) is 0 Å². The van der Waals surface area contributed by atoms with Gasteiger partial charge in [-0.3, -0.25) is 0 Å². The molecule has 0 amide bonds. The second-order valence-corrected chi connectivity index (χ2v) is 6.10. The van der Waals surface area contributed by atoms with Gasteiger partial charge in [-0.2, -0.15) is 0 Å². The molecule has 0 aromatic heterocycles. The molecule has 2 aromatic carbocycles. The molecule has 1 aliphatic rings. The van der Waals surface area contributed by atoms with Crippen molar-refractivity contribution < 1.29 is 13.9 Å². The third kappa shape index (κ3) is 3.21. The highest BCUT2D eigenvalue weighted by atomic mass is 79.9. The van der Waals surface area contributed by atoms with Crippen LogP contribution in [-0.4, -0.2) is 13.2 Å². The maximum atomic E-state index is 13.6. The summed E-state index contributed by atoms with van der Waals surface area (Å²) >= 11 is 3.65. The number of halogens is 2. The van der Waals surface area contributed by atoms with E-state index >= 15 is 0 Å². The van der Waals surface area contributed by atoms with Crippen molar-refractivity contribution in [2.75, 3.05) is 13.2 Å². The van der Waals surface area contributed by atoms with Crippen LogP contribution in [0.15, 0.2) is 36.4 Å². The van der Waals surface area contributed by atoms with Crippen molar-refractivity contribution in [2.24, 2.45) is 0 Å². The van der Waals surface area contributed by atoms with E-state index in [4.69, 9.17) is 9.47 Å². The monoisotopic (exact) mass is 350 g/mol. The van der Waals surface area contributed by atoms with E-state index in [0.29, 0.717) is 13.2 Å². The van der Waals surface area contributed by atoms with E-state index in [0.717, 1.165) is 34.6 Å². The van der Waals surface area contributed by atoms with Gasteiger partial charge in [-0.25, -0.2) is 4.39 Å². The summed E-state index contributed by atoms with van der Waals surface area (Å²) in [6.45, 7) is 3.22. The Hall–Kier alpha value is -1.55. The van der Waals surface area contributed by atoms with E-state index in [2.05, 4.69) is 15.9 Å². The first-order valence-electron chi connectivity index (χ1n) is 6.94. The van der Waals surface area contributed by atoms with Crippen LogP contribution in [0.5, 0.6) is 11.5 Å². The minimum absolute atomic E-state index is 0.0796. The molecule has 0 radical (unpaired) electrons. The van der Waals surface area contributed by atoms with Crippen LogP contribution in [0.3, 0.4) is 0 Å². The largest absolute Gasteiger partial charge is 0.490 e. The molecule has 1 aliphatic heterocycles.